The van der Waals surface area contributed by atoms with Crippen molar-refractivity contribution in [2.75, 3.05) is 7.11 Å². The predicted octanol–water partition coefficient (Wildman–Crippen LogP) is 3.46. The Hall–Kier alpha value is -0.160. The lowest BCUT2D eigenvalue weighted by Crippen LogP contribution is -1.78. The van der Waals surface area contributed by atoms with E-state index in [2.05, 4.69) is 15.9 Å². The van der Waals surface area contributed by atoms with Crippen LogP contribution in [0.3, 0.4) is 0 Å². The standard InChI is InChI=1S/C6H5BrF2OS/c1-10-3-2-4(6(8)9)11-5(3)7/h2,6H,1H3. The molecule has 0 amide bonds. The molecule has 0 bridgehead atoms. The topological polar surface area (TPSA) is 9.23 Å². The van der Waals surface area contributed by atoms with Crippen molar-refractivity contribution in [1.82, 2.24) is 0 Å². The van der Waals surface area contributed by atoms with Crippen LogP contribution in [0.1, 0.15) is 11.3 Å². The van der Waals surface area contributed by atoms with Gasteiger partial charge in [-0.2, -0.15) is 0 Å². The van der Waals surface area contributed by atoms with Gasteiger partial charge in [0.05, 0.1) is 12.0 Å². The number of thiophene rings is 1. The van der Waals surface area contributed by atoms with E-state index in [0.717, 1.165) is 11.3 Å². The van der Waals surface area contributed by atoms with Gasteiger partial charge >= 0.3 is 0 Å². The van der Waals surface area contributed by atoms with E-state index in [0.29, 0.717) is 9.54 Å². The molecule has 1 aromatic heterocycles. The van der Waals surface area contributed by atoms with Crippen LogP contribution < -0.4 is 4.74 Å². The highest BCUT2D eigenvalue weighted by atomic mass is 79.9. The van der Waals surface area contributed by atoms with Gasteiger partial charge in [-0.1, -0.05) is 0 Å². The second kappa shape index (κ2) is 3.49. The molecule has 62 valence electrons. The van der Waals surface area contributed by atoms with Gasteiger partial charge in [0.15, 0.2) is 0 Å². The third-order valence-electron chi connectivity index (χ3n) is 1.11. The summed E-state index contributed by atoms with van der Waals surface area (Å²) in [5.41, 5.74) is 0. The molecule has 0 aliphatic carbocycles. The van der Waals surface area contributed by atoms with Gasteiger partial charge in [-0.05, 0) is 15.9 Å². The van der Waals surface area contributed by atoms with Crippen LogP contribution in [0.4, 0.5) is 8.78 Å². The molecule has 11 heavy (non-hydrogen) atoms. The molecule has 1 heterocycles. The van der Waals surface area contributed by atoms with Crippen molar-refractivity contribution >= 4 is 27.3 Å². The van der Waals surface area contributed by atoms with Gasteiger partial charge in [-0.3, -0.25) is 0 Å². The van der Waals surface area contributed by atoms with Crippen molar-refractivity contribution in [3.63, 3.8) is 0 Å². The molecule has 0 N–H and O–H groups in total. The molecule has 5 heteroatoms. The van der Waals surface area contributed by atoms with E-state index >= 15 is 0 Å². The lowest BCUT2D eigenvalue weighted by Gasteiger charge is -1.92. The van der Waals surface area contributed by atoms with Gasteiger partial charge in [0.1, 0.15) is 9.54 Å². The molecular weight excluding hydrogens is 238 g/mol. The average molecular weight is 243 g/mol. The van der Waals surface area contributed by atoms with E-state index in [1.165, 1.54) is 13.2 Å². The first-order chi connectivity index (χ1) is 5.15. The molecule has 0 aromatic carbocycles. The number of methoxy groups -OCH3 is 1. The van der Waals surface area contributed by atoms with Crippen molar-refractivity contribution in [2.24, 2.45) is 0 Å². The first kappa shape index (κ1) is 8.93. The van der Waals surface area contributed by atoms with Crippen LogP contribution in [0.15, 0.2) is 9.85 Å². The minimum Gasteiger partial charge on any atom is -0.495 e. The van der Waals surface area contributed by atoms with Crippen molar-refractivity contribution in [3.8, 4) is 5.75 Å². The molecule has 0 unspecified atom stereocenters. The molecule has 0 spiro atoms. The second-order valence-corrected chi connectivity index (χ2v) is 4.19. The van der Waals surface area contributed by atoms with Crippen molar-refractivity contribution in [3.05, 3.63) is 14.7 Å². The Bertz CT molecular complexity index is 249. The highest BCUT2D eigenvalue weighted by molar-refractivity contribution is 9.11. The quantitative estimate of drug-likeness (QED) is 0.772. The number of alkyl halides is 2. The summed E-state index contributed by atoms with van der Waals surface area (Å²) in [5, 5.41) is 0. The number of halogens is 3. The summed E-state index contributed by atoms with van der Waals surface area (Å²) in [7, 11) is 1.45. The minimum atomic E-state index is -2.42. The fourth-order valence-electron chi connectivity index (χ4n) is 0.616. The van der Waals surface area contributed by atoms with Gasteiger partial charge in [0.2, 0.25) is 0 Å². The lowest BCUT2D eigenvalue weighted by atomic mass is 10.5. The SMILES string of the molecule is COc1cc(C(F)F)sc1Br. The monoisotopic (exact) mass is 242 g/mol. The Kier molecular flexibility index (Phi) is 2.84. The third-order valence-corrected chi connectivity index (χ3v) is 2.90. The maximum atomic E-state index is 12.0. The molecular formula is C6H5BrF2OS. The summed E-state index contributed by atoms with van der Waals surface area (Å²) in [6, 6.07) is 1.33. The fraction of sp³-hybridized carbons (Fsp3) is 0.333. The minimum absolute atomic E-state index is 0.0220. The van der Waals surface area contributed by atoms with E-state index in [1.54, 1.807) is 0 Å². The van der Waals surface area contributed by atoms with Crippen LogP contribution in [0.25, 0.3) is 0 Å². The Balaban J connectivity index is 2.95. The van der Waals surface area contributed by atoms with Gasteiger partial charge in [0.25, 0.3) is 6.43 Å². The van der Waals surface area contributed by atoms with Crippen molar-refractivity contribution in [2.45, 2.75) is 6.43 Å². The highest BCUT2D eigenvalue weighted by Gasteiger charge is 2.14. The highest BCUT2D eigenvalue weighted by Crippen LogP contribution is 2.38. The molecule has 0 saturated carbocycles. The summed E-state index contributed by atoms with van der Waals surface area (Å²) in [5.74, 6) is 0.463. The normalized spacial score (nSPS) is 10.6. The summed E-state index contributed by atoms with van der Waals surface area (Å²) >= 11 is 4.09. The predicted molar refractivity (Wildman–Crippen MR) is 43.5 cm³/mol. The van der Waals surface area contributed by atoms with Gasteiger partial charge in [0, 0.05) is 6.07 Å². The van der Waals surface area contributed by atoms with Crippen LogP contribution in [0, 0.1) is 0 Å². The molecule has 1 nitrogen and oxygen atoms in total. The molecule has 0 saturated heterocycles. The fourth-order valence-corrected chi connectivity index (χ4v) is 2.16. The van der Waals surface area contributed by atoms with Gasteiger partial charge < -0.3 is 4.74 Å². The molecule has 0 atom stereocenters. The van der Waals surface area contributed by atoms with E-state index in [1.807, 2.05) is 0 Å². The van der Waals surface area contributed by atoms with Crippen LogP contribution in [-0.4, -0.2) is 7.11 Å². The van der Waals surface area contributed by atoms with Crippen LogP contribution >= 0.6 is 27.3 Å². The molecule has 0 aliphatic rings. The first-order valence-electron chi connectivity index (χ1n) is 2.76. The summed E-state index contributed by atoms with van der Waals surface area (Å²) < 4.78 is 29.5. The zero-order valence-corrected chi connectivity index (χ0v) is 8.01. The maximum Gasteiger partial charge on any atom is 0.273 e. The number of hydrogen-bond acceptors (Lipinski definition) is 2. The van der Waals surface area contributed by atoms with E-state index in [4.69, 9.17) is 4.74 Å². The van der Waals surface area contributed by atoms with E-state index in [-0.39, 0.29) is 4.88 Å². The zero-order valence-electron chi connectivity index (χ0n) is 5.61. The second-order valence-electron chi connectivity index (χ2n) is 1.79. The number of ether oxygens (including phenoxy) is 1. The third kappa shape index (κ3) is 1.90. The van der Waals surface area contributed by atoms with E-state index < -0.39 is 6.43 Å². The Morgan fingerprint density at radius 2 is 2.27 bits per heavy atom. The Morgan fingerprint density at radius 3 is 2.55 bits per heavy atom. The zero-order chi connectivity index (χ0) is 8.43. The molecule has 1 aromatic rings. The van der Waals surface area contributed by atoms with E-state index in [9.17, 15) is 8.78 Å². The summed E-state index contributed by atoms with van der Waals surface area (Å²) in [6.45, 7) is 0. The number of rotatable bonds is 2. The average Bonchev–Trinajstić information content (AvgIpc) is 2.31. The first-order valence-corrected chi connectivity index (χ1v) is 4.37. The molecule has 0 aliphatic heterocycles. The van der Waals surface area contributed by atoms with Crippen LogP contribution in [-0.2, 0) is 0 Å². The Morgan fingerprint density at radius 1 is 1.64 bits per heavy atom. The summed E-state index contributed by atoms with van der Waals surface area (Å²) in [4.78, 5) is 0.0220. The Labute approximate surface area is 75.1 Å². The lowest BCUT2D eigenvalue weighted by molar-refractivity contribution is 0.155. The van der Waals surface area contributed by atoms with Crippen molar-refractivity contribution < 1.29 is 13.5 Å². The van der Waals surface area contributed by atoms with Crippen molar-refractivity contribution in [1.29, 1.82) is 0 Å². The largest absolute Gasteiger partial charge is 0.495 e. The maximum absolute atomic E-state index is 12.0. The smallest absolute Gasteiger partial charge is 0.273 e. The van der Waals surface area contributed by atoms with Gasteiger partial charge in [-0.25, -0.2) is 8.78 Å². The number of hydrogen-bond donors (Lipinski definition) is 0. The molecule has 0 radical (unpaired) electrons. The molecule has 1 rings (SSSR count). The summed E-state index contributed by atoms with van der Waals surface area (Å²) in [6.07, 6.45) is -2.42. The van der Waals surface area contributed by atoms with Crippen LogP contribution in [0.2, 0.25) is 0 Å². The molecule has 0 fully saturated rings. The van der Waals surface area contributed by atoms with Gasteiger partial charge in [-0.15, -0.1) is 11.3 Å². The van der Waals surface area contributed by atoms with Crippen LogP contribution in [0.5, 0.6) is 5.75 Å².